The lowest BCUT2D eigenvalue weighted by Gasteiger charge is -2.30. The number of hydrogen-bond donors (Lipinski definition) is 2. The lowest BCUT2D eigenvalue weighted by Crippen LogP contribution is -2.49. The minimum absolute atomic E-state index is 0.0610. The highest BCUT2D eigenvalue weighted by molar-refractivity contribution is 14.1. The van der Waals surface area contributed by atoms with Crippen LogP contribution in [0.1, 0.15) is 0 Å². The third kappa shape index (κ3) is 3.80. The van der Waals surface area contributed by atoms with Crippen molar-refractivity contribution in [3.63, 3.8) is 0 Å². The molecule has 0 aromatic heterocycles. The number of urea groups is 1. The molecule has 1 aliphatic heterocycles. The minimum atomic E-state index is -1.05. The lowest BCUT2D eigenvalue weighted by atomic mass is 10.3. The van der Waals surface area contributed by atoms with Crippen molar-refractivity contribution in [1.29, 1.82) is 0 Å². The fraction of sp³-hybridized carbons (Fsp3) is 0.333. The largest absolute Gasteiger partial charge is 0.479 e. The first kappa shape index (κ1) is 14.1. The van der Waals surface area contributed by atoms with Crippen LogP contribution in [0.5, 0.6) is 0 Å². The zero-order valence-corrected chi connectivity index (χ0v) is 12.2. The summed E-state index contributed by atoms with van der Waals surface area (Å²) in [5, 5.41) is 11.6. The van der Waals surface area contributed by atoms with E-state index >= 15 is 0 Å². The number of amides is 2. The summed E-state index contributed by atoms with van der Waals surface area (Å²) in [6.45, 7) is 0.683. The number of carbonyl (C=O) groups excluding carboxylic acids is 1. The van der Waals surface area contributed by atoms with Gasteiger partial charge in [-0.3, -0.25) is 0 Å². The Morgan fingerprint density at radius 1 is 1.37 bits per heavy atom. The summed E-state index contributed by atoms with van der Waals surface area (Å²) < 4.78 is 6.14. The molecular formula is C12H13IN2O4. The number of benzene rings is 1. The molecule has 2 N–H and O–H groups in total. The van der Waals surface area contributed by atoms with Gasteiger partial charge in [0.1, 0.15) is 0 Å². The van der Waals surface area contributed by atoms with Crippen molar-refractivity contribution in [1.82, 2.24) is 4.90 Å². The van der Waals surface area contributed by atoms with E-state index in [1.54, 1.807) is 12.1 Å². The van der Waals surface area contributed by atoms with Crippen molar-refractivity contribution in [2.75, 3.05) is 25.0 Å². The van der Waals surface area contributed by atoms with E-state index in [4.69, 9.17) is 9.84 Å². The molecule has 1 fully saturated rings. The third-order valence-corrected chi connectivity index (χ3v) is 3.44. The van der Waals surface area contributed by atoms with E-state index in [2.05, 4.69) is 27.9 Å². The highest BCUT2D eigenvalue weighted by Gasteiger charge is 2.28. The Labute approximate surface area is 123 Å². The SMILES string of the molecule is O=C(O)C1CN(C(=O)Nc2ccc(I)cc2)CCO1. The highest BCUT2D eigenvalue weighted by Crippen LogP contribution is 2.13. The molecule has 1 aliphatic rings. The number of nitrogens with zero attached hydrogens (tertiary/aromatic N) is 1. The molecule has 0 radical (unpaired) electrons. The number of rotatable bonds is 2. The van der Waals surface area contributed by atoms with Crippen LogP contribution in [0.4, 0.5) is 10.5 Å². The fourth-order valence-electron chi connectivity index (χ4n) is 1.72. The van der Waals surface area contributed by atoms with E-state index in [1.165, 1.54) is 4.90 Å². The average Bonchev–Trinajstić information content (AvgIpc) is 2.41. The number of nitrogens with one attached hydrogen (secondary N) is 1. The molecule has 7 heteroatoms. The number of morpholine rings is 1. The Kier molecular flexibility index (Phi) is 4.59. The first-order chi connectivity index (χ1) is 9.06. The van der Waals surface area contributed by atoms with Gasteiger partial charge in [0.05, 0.1) is 13.2 Å². The van der Waals surface area contributed by atoms with E-state index in [9.17, 15) is 9.59 Å². The average molecular weight is 376 g/mol. The van der Waals surface area contributed by atoms with E-state index in [0.717, 1.165) is 3.57 Å². The summed E-state index contributed by atoms with van der Waals surface area (Å²) >= 11 is 2.18. The molecule has 19 heavy (non-hydrogen) atoms. The van der Waals surface area contributed by atoms with Gasteiger partial charge in [-0.15, -0.1) is 0 Å². The standard InChI is InChI=1S/C12H13IN2O4/c13-8-1-3-9(4-2-8)14-12(18)15-5-6-19-10(7-15)11(16)17/h1-4,10H,5-7H2,(H,14,18)(H,16,17). The molecular weight excluding hydrogens is 363 g/mol. The number of aliphatic carboxylic acids is 1. The van der Waals surface area contributed by atoms with E-state index in [-0.39, 0.29) is 19.2 Å². The Morgan fingerprint density at radius 2 is 2.05 bits per heavy atom. The third-order valence-electron chi connectivity index (χ3n) is 2.72. The molecule has 2 amide bonds. The molecule has 6 nitrogen and oxygen atoms in total. The van der Waals surface area contributed by atoms with Crippen molar-refractivity contribution in [2.24, 2.45) is 0 Å². The Balaban J connectivity index is 1.96. The van der Waals surface area contributed by atoms with E-state index in [0.29, 0.717) is 12.2 Å². The monoisotopic (exact) mass is 376 g/mol. The topological polar surface area (TPSA) is 78.9 Å². The number of carboxylic acid groups (broad SMARTS) is 1. The van der Waals surface area contributed by atoms with Gasteiger partial charge in [0.15, 0.2) is 6.10 Å². The van der Waals surface area contributed by atoms with Crippen LogP contribution in [0.3, 0.4) is 0 Å². The predicted molar refractivity (Wildman–Crippen MR) is 77.1 cm³/mol. The number of halogens is 1. The second-order valence-corrected chi connectivity index (χ2v) is 5.33. The Morgan fingerprint density at radius 3 is 2.68 bits per heavy atom. The molecule has 1 aromatic carbocycles. The van der Waals surface area contributed by atoms with Crippen molar-refractivity contribution in [3.8, 4) is 0 Å². The molecule has 1 atom stereocenters. The molecule has 1 unspecified atom stereocenters. The van der Waals surface area contributed by atoms with Gasteiger partial charge in [-0.1, -0.05) is 0 Å². The normalized spacial score (nSPS) is 19.0. The number of hydrogen-bond acceptors (Lipinski definition) is 3. The highest BCUT2D eigenvalue weighted by atomic mass is 127. The van der Waals surface area contributed by atoms with Gasteiger partial charge in [-0.25, -0.2) is 9.59 Å². The smallest absolute Gasteiger partial charge is 0.334 e. The predicted octanol–water partition coefficient (Wildman–Crippen LogP) is 1.61. The van der Waals surface area contributed by atoms with Gasteiger partial charge in [0, 0.05) is 15.8 Å². The Hall–Kier alpha value is -1.35. The number of carboxylic acids is 1. The first-order valence-electron chi connectivity index (χ1n) is 5.72. The molecule has 2 rings (SSSR count). The number of anilines is 1. The molecule has 1 heterocycles. The zero-order valence-electron chi connectivity index (χ0n) is 10.0. The van der Waals surface area contributed by atoms with Gasteiger partial charge in [-0.2, -0.15) is 0 Å². The maximum atomic E-state index is 12.0. The molecule has 0 spiro atoms. The molecule has 102 valence electrons. The molecule has 0 aliphatic carbocycles. The quantitative estimate of drug-likeness (QED) is 0.769. The lowest BCUT2D eigenvalue weighted by molar-refractivity contribution is -0.154. The molecule has 0 saturated carbocycles. The van der Waals surface area contributed by atoms with Crippen molar-refractivity contribution in [2.45, 2.75) is 6.10 Å². The second-order valence-electron chi connectivity index (χ2n) is 4.08. The van der Waals surface area contributed by atoms with Crippen molar-refractivity contribution < 1.29 is 19.4 Å². The van der Waals surface area contributed by atoms with Crippen LogP contribution in [-0.2, 0) is 9.53 Å². The summed E-state index contributed by atoms with van der Waals surface area (Å²) in [6, 6.07) is 7.06. The van der Waals surface area contributed by atoms with Crippen LogP contribution < -0.4 is 5.32 Å². The maximum Gasteiger partial charge on any atom is 0.334 e. The van der Waals surface area contributed by atoms with Crippen LogP contribution in [-0.4, -0.2) is 47.8 Å². The summed E-state index contributed by atoms with van der Waals surface area (Å²) in [5.74, 6) is -1.05. The van der Waals surface area contributed by atoms with Crippen LogP contribution in [0, 0.1) is 3.57 Å². The van der Waals surface area contributed by atoms with Gasteiger partial charge < -0.3 is 20.1 Å². The van der Waals surface area contributed by atoms with Gasteiger partial charge in [0.25, 0.3) is 0 Å². The van der Waals surface area contributed by atoms with E-state index < -0.39 is 12.1 Å². The second kappa shape index (κ2) is 6.20. The number of ether oxygens (including phenoxy) is 1. The molecule has 1 saturated heterocycles. The van der Waals surface area contributed by atoms with Gasteiger partial charge in [-0.05, 0) is 46.9 Å². The van der Waals surface area contributed by atoms with Crippen LogP contribution in [0.15, 0.2) is 24.3 Å². The summed E-state index contributed by atoms with van der Waals surface area (Å²) in [6.07, 6.45) is -0.948. The van der Waals surface area contributed by atoms with Crippen LogP contribution in [0.25, 0.3) is 0 Å². The molecule has 1 aromatic rings. The first-order valence-corrected chi connectivity index (χ1v) is 6.80. The van der Waals surface area contributed by atoms with Crippen LogP contribution in [0.2, 0.25) is 0 Å². The summed E-state index contributed by atoms with van der Waals surface area (Å²) in [5.41, 5.74) is 0.684. The molecule has 0 bridgehead atoms. The van der Waals surface area contributed by atoms with Crippen molar-refractivity contribution in [3.05, 3.63) is 27.8 Å². The maximum absolute atomic E-state index is 12.0. The summed E-state index contributed by atoms with van der Waals surface area (Å²) in [7, 11) is 0. The van der Waals surface area contributed by atoms with Crippen LogP contribution >= 0.6 is 22.6 Å². The van der Waals surface area contributed by atoms with E-state index in [1.807, 2.05) is 12.1 Å². The summed E-state index contributed by atoms with van der Waals surface area (Å²) in [4.78, 5) is 24.3. The minimum Gasteiger partial charge on any atom is -0.479 e. The number of carbonyl (C=O) groups is 2. The fourth-order valence-corrected chi connectivity index (χ4v) is 2.08. The Bertz CT molecular complexity index is 477. The van der Waals surface area contributed by atoms with Gasteiger partial charge in [0.2, 0.25) is 0 Å². The van der Waals surface area contributed by atoms with Gasteiger partial charge >= 0.3 is 12.0 Å². The zero-order chi connectivity index (χ0) is 13.8. The van der Waals surface area contributed by atoms with Crippen molar-refractivity contribution >= 4 is 40.3 Å².